The van der Waals surface area contributed by atoms with Gasteiger partial charge in [-0.05, 0) is 19.3 Å². The molecule has 1 rings (SSSR count). The van der Waals surface area contributed by atoms with Crippen molar-refractivity contribution in [1.29, 1.82) is 0 Å². The number of aliphatic hydroxyl groups is 1. The highest BCUT2D eigenvalue weighted by Gasteiger charge is 2.37. The SMILES string of the molecule is NCC1(C/C=C/Cl)CCCCC1O. The van der Waals surface area contributed by atoms with E-state index in [1.165, 1.54) is 12.0 Å². The van der Waals surface area contributed by atoms with E-state index in [1.807, 2.05) is 6.08 Å². The van der Waals surface area contributed by atoms with Crippen LogP contribution in [0.15, 0.2) is 11.6 Å². The molecule has 3 heteroatoms. The molecule has 3 N–H and O–H groups in total. The van der Waals surface area contributed by atoms with Crippen molar-refractivity contribution in [3.05, 3.63) is 11.6 Å². The molecule has 0 bridgehead atoms. The lowest BCUT2D eigenvalue weighted by molar-refractivity contribution is -0.00402. The second-order valence-electron chi connectivity index (χ2n) is 3.89. The highest BCUT2D eigenvalue weighted by molar-refractivity contribution is 6.25. The number of halogens is 1. The summed E-state index contributed by atoms with van der Waals surface area (Å²) in [5.41, 5.74) is 7.14. The van der Waals surface area contributed by atoms with Gasteiger partial charge in [-0.25, -0.2) is 0 Å². The normalized spacial score (nSPS) is 35.5. The first-order chi connectivity index (χ1) is 6.25. The van der Waals surface area contributed by atoms with Crippen LogP contribution in [-0.2, 0) is 0 Å². The van der Waals surface area contributed by atoms with E-state index in [-0.39, 0.29) is 11.5 Å². The van der Waals surface area contributed by atoms with Crippen LogP contribution in [0.5, 0.6) is 0 Å². The Bertz CT molecular complexity index is 184. The summed E-state index contributed by atoms with van der Waals surface area (Å²) in [5.74, 6) is 0. The van der Waals surface area contributed by atoms with Gasteiger partial charge in [0.25, 0.3) is 0 Å². The predicted molar refractivity (Wildman–Crippen MR) is 55.6 cm³/mol. The molecular formula is C10H18ClNO. The fraction of sp³-hybridized carbons (Fsp3) is 0.800. The molecule has 2 atom stereocenters. The summed E-state index contributed by atoms with van der Waals surface area (Å²) in [7, 11) is 0. The molecule has 0 heterocycles. The third-order valence-electron chi connectivity index (χ3n) is 3.13. The van der Waals surface area contributed by atoms with Crippen molar-refractivity contribution in [2.75, 3.05) is 6.54 Å². The Labute approximate surface area is 84.8 Å². The summed E-state index contributed by atoms with van der Waals surface area (Å²) in [6.07, 6.45) is 6.63. The third-order valence-corrected chi connectivity index (χ3v) is 3.31. The van der Waals surface area contributed by atoms with Gasteiger partial charge >= 0.3 is 0 Å². The van der Waals surface area contributed by atoms with Crippen LogP contribution in [0.2, 0.25) is 0 Å². The fourth-order valence-corrected chi connectivity index (χ4v) is 2.22. The quantitative estimate of drug-likeness (QED) is 0.737. The van der Waals surface area contributed by atoms with E-state index in [9.17, 15) is 5.11 Å². The van der Waals surface area contributed by atoms with E-state index < -0.39 is 0 Å². The first-order valence-electron chi connectivity index (χ1n) is 4.88. The Kier molecular flexibility index (Phi) is 4.23. The second kappa shape index (κ2) is 4.99. The summed E-state index contributed by atoms with van der Waals surface area (Å²) in [6.45, 7) is 0.551. The van der Waals surface area contributed by atoms with Gasteiger partial charge in [-0.15, -0.1) is 0 Å². The van der Waals surface area contributed by atoms with E-state index in [1.54, 1.807) is 0 Å². The monoisotopic (exact) mass is 203 g/mol. The van der Waals surface area contributed by atoms with Crippen LogP contribution in [0.1, 0.15) is 32.1 Å². The topological polar surface area (TPSA) is 46.2 Å². The minimum atomic E-state index is -0.251. The van der Waals surface area contributed by atoms with Gasteiger partial charge in [0.05, 0.1) is 6.10 Å². The number of rotatable bonds is 3. The van der Waals surface area contributed by atoms with Crippen molar-refractivity contribution in [1.82, 2.24) is 0 Å². The molecular weight excluding hydrogens is 186 g/mol. The van der Waals surface area contributed by atoms with E-state index in [2.05, 4.69) is 0 Å². The van der Waals surface area contributed by atoms with Crippen LogP contribution in [-0.4, -0.2) is 17.8 Å². The van der Waals surface area contributed by atoms with Crippen LogP contribution in [0.4, 0.5) is 0 Å². The molecule has 0 spiro atoms. The average Bonchev–Trinajstić information content (AvgIpc) is 2.17. The molecule has 0 aromatic carbocycles. The molecule has 0 aromatic heterocycles. The molecule has 2 nitrogen and oxygen atoms in total. The minimum Gasteiger partial charge on any atom is -0.392 e. The van der Waals surface area contributed by atoms with Crippen LogP contribution in [0, 0.1) is 5.41 Å². The smallest absolute Gasteiger partial charge is 0.0611 e. The molecule has 13 heavy (non-hydrogen) atoms. The number of hydrogen-bond donors (Lipinski definition) is 2. The molecule has 0 aliphatic heterocycles. The maximum Gasteiger partial charge on any atom is 0.0611 e. The van der Waals surface area contributed by atoms with Gasteiger partial charge in [-0.1, -0.05) is 30.5 Å². The van der Waals surface area contributed by atoms with Crippen LogP contribution >= 0.6 is 11.6 Å². The van der Waals surface area contributed by atoms with Crippen LogP contribution in [0.3, 0.4) is 0 Å². The zero-order valence-electron chi connectivity index (χ0n) is 7.88. The first-order valence-corrected chi connectivity index (χ1v) is 5.32. The summed E-state index contributed by atoms with van der Waals surface area (Å²) >= 11 is 5.48. The molecule has 1 aliphatic carbocycles. The Morgan fingerprint density at radius 1 is 1.54 bits per heavy atom. The first kappa shape index (κ1) is 11.0. The van der Waals surface area contributed by atoms with Gasteiger partial charge in [0.2, 0.25) is 0 Å². The number of aliphatic hydroxyl groups excluding tert-OH is 1. The van der Waals surface area contributed by atoms with Gasteiger partial charge in [0.15, 0.2) is 0 Å². The summed E-state index contributed by atoms with van der Waals surface area (Å²) in [4.78, 5) is 0. The lowest BCUT2D eigenvalue weighted by atomic mass is 9.70. The van der Waals surface area contributed by atoms with Crippen molar-refractivity contribution in [3.63, 3.8) is 0 Å². The Morgan fingerprint density at radius 2 is 2.31 bits per heavy atom. The van der Waals surface area contributed by atoms with E-state index in [0.717, 1.165) is 25.7 Å². The third kappa shape index (κ3) is 2.46. The van der Waals surface area contributed by atoms with Gasteiger partial charge in [0, 0.05) is 17.5 Å². The van der Waals surface area contributed by atoms with Crippen LogP contribution < -0.4 is 5.73 Å². The summed E-state index contributed by atoms with van der Waals surface area (Å²) < 4.78 is 0. The van der Waals surface area contributed by atoms with Crippen molar-refractivity contribution in [3.8, 4) is 0 Å². The molecule has 0 amide bonds. The number of nitrogens with two attached hydrogens (primary N) is 1. The minimum absolute atomic E-state index is 0.107. The highest BCUT2D eigenvalue weighted by atomic mass is 35.5. The standard InChI is InChI=1S/C10H18ClNO/c11-7-3-6-10(8-12)5-2-1-4-9(10)13/h3,7,9,13H,1-2,4-6,8,12H2/b7-3+. The summed E-state index contributed by atoms with van der Waals surface area (Å²) in [6, 6.07) is 0. The summed E-state index contributed by atoms with van der Waals surface area (Å²) in [5, 5.41) is 9.89. The maximum absolute atomic E-state index is 9.89. The molecule has 1 aliphatic rings. The van der Waals surface area contributed by atoms with Crippen molar-refractivity contribution >= 4 is 11.6 Å². The Hall–Kier alpha value is -0.0500. The zero-order valence-corrected chi connectivity index (χ0v) is 8.63. The average molecular weight is 204 g/mol. The van der Waals surface area contributed by atoms with Gasteiger partial charge in [-0.3, -0.25) is 0 Å². The van der Waals surface area contributed by atoms with Gasteiger partial charge < -0.3 is 10.8 Å². The lowest BCUT2D eigenvalue weighted by Gasteiger charge is -2.40. The van der Waals surface area contributed by atoms with Crippen LogP contribution in [0.25, 0.3) is 0 Å². The van der Waals surface area contributed by atoms with Crippen molar-refractivity contribution in [2.24, 2.45) is 11.1 Å². The lowest BCUT2D eigenvalue weighted by Crippen LogP contribution is -2.43. The molecule has 76 valence electrons. The fourth-order valence-electron chi connectivity index (χ4n) is 2.13. The second-order valence-corrected chi connectivity index (χ2v) is 4.15. The zero-order chi connectivity index (χ0) is 9.73. The maximum atomic E-state index is 9.89. The largest absolute Gasteiger partial charge is 0.392 e. The van der Waals surface area contributed by atoms with Crippen molar-refractivity contribution in [2.45, 2.75) is 38.2 Å². The van der Waals surface area contributed by atoms with Gasteiger partial charge in [-0.2, -0.15) is 0 Å². The molecule has 1 fully saturated rings. The Balaban J connectivity index is 2.64. The van der Waals surface area contributed by atoms with E-state index in [4.69, 9.17) is 17.3 Å². The number of hydrogen-bond acceptors (Lipinski definition) is 2. The molecule has 1 saturated carbocycles. The molecule has 0 radical (unpaired) electrons. The molecule has 0 saturated heterocycles. The Morgan fingerprint density at radius 3 is 2.85 bits per heavy atom. The van der Waals surface area contributed by atoms with E-state index in [0.29, 0.717) is 6.54 Å². The highest BCUT2D eigenvalue weighted by Crippen LogP contribution is 2.38. The molecule has 2 unspecified atom stereocenters. The van der Waals surface area contributed by atoms with E-state index >= 15 is 0 Å². The van der Waals surface area contributed by atoms with Crippen molar-refractivity contribution < 1.29 is 5.11 Å². The predicted octanol–water partition coefficient (Wildman–Crippen LogP) is 2.01. The molecule has 0 aromatic rings. The number of allylic oxidation sites excluding steroid dienone is 1. The van der Waals surface area contributed by atoms with Gasteiger partial charge in [0.1, 0.15) is 0 Å².